The molecule has 1 amide bonds. The molecule has 9 heteroatoms. The van der Waals surface area contributed by atoms with Crippen molar-refractivity contribution in [3.63, 3.8) is 0 Å². The number of hydrogen-bond acceptors (Lipinski definition) is 6. The first-order chi connectivity index (χ1) is 19.4. The van der Waals surface area contributed by atoms with Crippen LogP contribution in [0, 0.1) is 5.92 Å². The quantitative estimate of drug-likeness (QED) is 0.367. The zero-order valence-electron chi connectivity index (χ0n) is 23.5. The van der Waals surface area contributed by atoms with Gasteiger partial charge < -0.3 is 34.5 Å². The highest BCUT2D eigenvalue weighted by molar-refractivity contribution is 6.01. The molecular formula is C31H38N6O3. The van der Waals surface area contributed by atoms with Gasteiger partial charge in [0.1, 0.15) is 11.3 Å². The van der Waals surface area contributed by atoms with Gasteiger partial charge in [0.05, 0.1) is 35.6 Å². The summed E-state index contributed by atoms with van der Waals surface area (Å²) in [6, 6.07) is 12.9. The molecule has 1 aliphatic carbocycles. The number of ether oxygens (including phenoxy) is 1. The third-order valence-corrected chi connectivity index (χ3v) is 9.58. The van der Waals surface area contributed by atoms with Crippen molar-refractivity contribution >= 4 is 33.5 Å². The van der Waals surface area contributed by atoms with Gasteiger partial charge in [-0.2, -0.15) is 0 Å². The highest BCUT2D eigenvalue weighted by Crippen LogP contribution is 2.43. The number of aromatic nitrogens is 3. The van der Waals surface area contributed by atoms with Gasteiger partial charge in [0.2, 0.25) is 0 Å². The molecule has 3 N–H and O–H groups in total. The number of para-hydroxylation sites is 1. The van der Waals surface area contributed by atoms with Crippen molar-refractivity contribution in [3.8, 4) is 17.3 Å². The van der Waals surface area contributed by atoms with Crippen molar-refractivity contribution in [2.24, 2.45) is 18.7 Å². The van der Waals surface area contributed by atoms with Gasteiger partial charge in [-0.25, -0.2) is 4.98 Å². The second kappa shape index (κ2) is 9.52. The predicted molar refractivity (Wildman–Crippen MR) is 157 cm³/mol. The van der Waals surface area contributed by atoms with E-state index in [1.54, 1.807) is 7.11 Å². The molecule has 0 radical (unpaired) electrons. The summed E-state index contributed by atoms with van der Waals surface area (Å²) in [6.07, 6.45) is 3.81. The van der Waals surface area contributed by atoms with Gasteiger partial charge in [0, 0.05) is 56.3 Å². The Morgan fingerprint density at radius 1 is 1.18 bits per heavy atom. The van der Waals surface area contributed by atoms with Gasteiger partial charge in [-0.3, -0.25) is 4.79 Å². The maximum absolute atomic E-state index is 13.7. The van der Waals surface area contributed by atoms with Crippen molar-refractivity contribution in [2.45, 2.75) is 50.7 Å². The number of likely N-dealkylation sites (tertiary alicyclic amines) is 1. The molecule has 2 aliphatic heterocycles. The summed E-state index contributed by atoms with van der Waals surface area (Å²) < 4.78 is 10.4. The maximum Gasteiger partial charge on any atom is 0.254 e. The van der Waals surface area contributed by atoms with Crippen molar-refractivity contribution in [2.75, 3.05) is 38.3 Å². The number of benzene rings is 2. The number of aryl methyl sites for hydroxylation is 1. The number of amides is 1. The third kappa shape index (κ3) is 3.60. The van der Waals surface area contributed by atoms with E-state index in [2.05, 4.69) is 45.2 Å². The van der Waals surface area contributed by atoms with Gasteiger partial charge in [0.15, 0.2) is 5.82 Å². The minimum absolute atomic E-state index is 0.0113. The zero-order chi connectivity index (χ0) is 27.7. The number of carbonyl (C=O) groups is 1. The summed E-state index contributed by atoms with van der Waals surface area (Å²) in [7, 11) is 3.68. The van der Waals surface area contributed by atoms with Crippen LogP contribution >= 0.6 is 0 Å². The number of nitrogens with two attached hydrogens (primary N) is 1. The fourth-order valence-corrected chi connectivity index (χ4v) is 7.56. The van der Waals surface area contributed by atoms with E-state index in [1.807, 2.05) is 24.1 Å². The van der Waals surface area contributed by atoms with Crippen molar-refractivity contribution in [1.29, 1.82) is 0 Å². The van der Waals surface area contributed by atoms with Crippen LogP contribution in [-0.2, 0) is 7.05 Å². The lowest BCUT2D eigenvalue weighted by Gasteiger charge is -2.36. The van der Waals surface area contributed by atoms with Gasteiger partial charge in [-0.15, -0.1) is 0 Å². The Bertz CT molecular complexity index is 1620. The Morgan fingerprint density at radius 2 is 2.02 bits per heavy atom. The summed E-state index contributed by atoms with van der Waals surface area (Å²) in [5, 5.41) is 10.7. The SMILES string of the molecule is CC[C@@H]1CN(CCCO)c2cccc3cc(-c4nc5cc(C(=O)N6C[C@H]7CC[C@@H]6[C@@H]7N)cc(OC)c5n4C)n1c23. The largest absolute Gasteiger partial charge is 0.494 e. The molecule has 4 heterocycles. The fraction of sp³-hybridized carbons (Fsp3) is 0.484. The average Bonchev–Trinajstić information content (AvgIpc) is 3.72. The average molecular weight is 543 g/mol. The standard InChI is InChI=1S/C31H38N6O3/c1-4-21-17-35(11-6-12-38)24-8-5-7-18-14-25(37(21)28(18)24)30-33-22-13-20(15-26(40-3)29(22)34(30)2)31(39)36-16-19-9-10-23(36)27(19)32/h5,7-8,13-15,19,21,23,27,38H,4,6,9-12,16-17,32H2,1-3H3/t19-,21-,23-,27-/m1/s1. The number of nitrogens with zero attached hydrogens (tertiary/aromatic N) is 5. The molecule has 2 aromatic heterocycles. The number of fused-ring (bicyclic) bond motifs is 3. The van der Waals surface area contributed by atoms with E-state index in [9.17, 15) is 9.90 Å². The Balaban J connectivity index is 1.35. The van der Waals surface area contributed by atoms with Crippen LogP contribution < -0.4 is 15.4 Å². The summed E-state index contributed by atoms with van der Waals surface area (Å²) in [5.74, 6) is 1.91. The number of methoxy groups -OCH3 is 1. The van der Waals surface area contributed by atoms with E-state index in [0.717, 1.165) is 67.9 Å². The van der Waals surface area contributed by atoms with Crippen LogP contribution in [0.2, 0.25) is 0 Å². The summed E-state index contributed by atoms with van der Waals surface area (Å²) in [5.41, 5.74) is 12.1. The molecule has 7 rings (SSSR count). The van der Waals surface area contributed by atoms with Crippen LogP contribution in [0.1, 0.15) is 49.0 Å². The first-order valence-corrected chi connectivity index (χ1v) is 14.6. The molecule has 1 saturated heterocycles. The van der Waals surface area contributed by atoms with Gasteiger partial charge in [0.25, 0.3) is 5.91 Å². The normalized spacial score (nSPS) is 23.6. The maximum atomic E-state index is 13.7. The fourth-order valence-electron chi connectivity index (χ4n) is 7.56. The van der Waals surface area contributed by atoms with E-state index in [4.69, 9.17) is 15.5 Å². The number of piperidine rings is 1. The molecule has 3 aliphatic rings. The van der Waals surface area contributed by atoms with Gasteiger partial charge in [-0.05, 0) is 55.9 Å². The minimum Gasteiger partial charge on any atom is -0.494 e. The number of hydrogen-bond donors (Lipinski definition) is 2. The number of aliphatic hydroxyl groups is 1. The van der Waals surface area contributed by atoms with Crippen molar-refractivity contribution < 1.29 is 14.6 Å². The molecule has 2 bridgehead atoms. The summed E-state index contributed by atoms with van der Waals surface area (Å²) >= 11 is 0. The molecule has 40 heavy (non-hydrogen) atoms. The van der Waals surface area contributed by atoms with E-state index in [1.165, 1.54) is 16.6 Å². The lowest BCUT2D eigenvalue weighted by molar-refractivity contribution is 0.0700. The summed E-state index contributed by atoms with van der Waals surface area (Å²) in [6.45, 7) is 4.86. The van der Waals surface area contributed by atoms with E-state index in [-0.39, 0.29) is 30.6 Å². The molecule has 4 atom stereocenters. The molecule has 0 unspecified atom stereocenters. The van der Waals surface area contributed by atoms with Crippen LogP contribution in [0.25, 0.3) is 33.5 Å². The van der Waals surface area contributed by atoms with Crippen LogP contribution in [0.3, 0.4) is 0 Å². The second-order valence-corrected chi connectivity index (χ2v) is 11.7. The molecule has 4 aromatic rings. The smallest absolute Gasteiger partial charge is 0.254 e. The summed E-state index contributed by atoms with van der Waals surface area (Å²) in [4.78, 5) is 23.2. The third-order valence-electron chi connectivity index (χ3n) is 9.58. The highest BCUT2D eigenvalue weighted by atomic mass is 16.5. The van der Waals surface area contributed by atoms with Crippen molar-refractivity contribution in [3.05, 3.63) is 42.0 Å². The van der Waals surface area contributed by atoms with E-state index >= 15 is 0 Å². The first kappa shape index (κ1) is 25.4. The van der Waals surface area contributed by atoms with Crippen molar-refractivity contribution in [1.82, 2.24) is 19.0 Å². The van der Waals surface area contributed by atoms with Crippen LogP contribution in [0.4, 0.5) is 5.69 Å². The minimum atomic E-state index is 0.0113. The highest BCUT2D eigenvalue weighted by Gasteiger charge is 2.47. The number of rotatable bonds is 7. The number of imidazole rings is 1. The first-order valence-electron chi connectivity index (χ1n) is 14.6. The van der Waals surface area contributed by atoms with Crippen LogP contribution in [0.5, 0.6) is 5.75 Å². The second-order valence-electron chi connectivity index (χ2n) is 11.7. The van der Waals surface area contributed by atoms with E-state index < -0.39 is 0 Å². The Morgan fingerprint density at radius 3 is 2.73 bits per heavy atom. The van der Waals surface area contributed by atoms with Gasteiger partial charge in [-0.1, -0.05) is 19.1 Å². The molecular weight excluding hydrogens is 504 g/mol. The predicted octanol–water partition coefficient (Wildman–Crippen LogP) is 3.92. The van der Waals surface area contributed by atoms with Gasteiger partial charge >= 0.3 is 0 Å². The Hall–Kier alpha value is -3.56. The molecule has 2 fully saturated rings. The number of carbonyl (C=O) groups excluding carboxylic acids is 1. The topological polar surface area (TPSA) is 102 Å². The molecule has 1 saturated carbocycles. The van der Waals surface area contributed by atoms with Crippen LogP contribution in [0.15, 0.2) is 36.4 Å². The monoisotopic (exact) mass is 542 g/mol. The zero-order valence-corrected chi connectivity index (χ0v) is 23.5. The Kier molecular flexibility index (Phi) is 6.05. The lowest BCUT2D eigenvalue weighted by Crippen LogP contribution is -2.41. The molecule has 0 spiro atoms. The molecule has 210 valence electrons. The number of aliphatic hydroxyl groups excluding tert-OH is 1. The van der Waals surface area contributed by atoms with E-state index in [0.29, 0.717) is 17.2 Å². The lowest BCUT2D eigenvalue weighted by atomic mass is 10.1. The number of anilines is 1. The Labute approximate surface area is 234 Å². The van der Waals surface area contributed by atoms with Crippen LogP contribution in [-0.4, -0.2) is 75.5 Å². The molecule has 9 nitrogen and oxygen atoms in total. The molecule has 2 aromatic carbocycles.